The minimum Gasteiger partial charge on any atom is -0.462 e. The molecule has 0 aliphatic rings. The molecule has 0 aliphatic carbocycles. The molecule has 0 fully saturated rings. The molecule has 0 bridgehead atoms. The Morgan fingerprint density at radius 2 is 0.494 bits per heavy atom. The van der Waals surface area contributed by atoms with E-state index in [9.17, 15) is 14.4 Å². The molecule has 0 spiro atoms. The standard InChI is InChI=1S/C73H128O6/c1-4-7-10-13-16-19-22-25-28-31-32-33-34-35-36-37-38-39-40-43-45-48-51-54-57-60-63-66-72(75)78-69-70(79-73(76)67-64-61-58-55-52-49-46-42-30-27-24-21-18-15-12-9-6-3)68-77-71(74)65-62-59-56-53-50-47-44-41-29-26-23-20-17-14-11-8-5-2/h9,12,17-18,20-22,25-27,29-32,70H,4-8,10-11,13-16,19,23-24,28,33-69H2,1-3H3/b12-9-,20-17-,21-18-,25-22-,29-26-,30-27-,32-31-. The highest BCUT2D eigenvalue weighted by Gasteiger charge is 2.19. The number of allylic oxidation sites excluding steroid dienone is 14. The first-order chi connectivity index (χ1) is 39.0. The van der Waals surface area contributed by atoms with Gasteiger partial charge in [-0.2, -0.15) is 0 Å². The topological polar surface area (TPSA) is 78.9 Å². The van der Waals surface area contributed by atoms with Crippen LogP contribution in [0.3, 0.4) is 0 Å². The smallest absolute Gasteiger partial charge is 0.306 e. The maximum absolute atomic E-state index is 12.9. The number of esters is 3. The van der Waals surface area contributed by atoms with Crippen molar-refractivity contribution in [2.75, 3.05) is 13.2 Å². The highest BCUT2D eigenvalue weighted by Crippen LogP contribution is 2.17. The molecular formula is C73H128O6. The summed E-state index contributed by atoms with van der Waals surface area (Å²) in [6.45, 7) is 6.52. The van der Waals surface area contributed by atoms with Crippen molar-refractivity contribution < 1.29 is 28.6 Å². The average Bonchev–Trinajstić information content (AvgIpc) is 3.45. The molecule has 0 aromatic rings. The van der Waals surface area contributed by atoms with Crippen molar-refractivity contribution in [3.8, 4) is 0 Å². The molecule has 79 heavy (non-hydrogen) atoms. The van der Waals surface area contributed by atoms with Crippen LogP contribution in [0.1, 0.15) is 342 Å². The van der Waals surface area contributed by atoms with E-state index in [0.717, 1.165) is 103 Å². The zero-order valence-corrected chi connectivity index (χ0v) is 52.4. The second kappa shape index (κ2) is 67.1. The van der Waals surface area contributed by atoms with Gasteiger partial charge in [0.05, 0.1) is 0 Å². The van der Waals surface area contributed by atoms with Crippen LogP contribution in [0.15, 0.2) is 85.1 Å². The lowest BCUT2D eigenvalue weighted by atomic mass is 10.0. The summed E-state index contributed by atoms with van der Waals surface area (Å²) >= 11 is 0. The third-order valence-corrected chi connectivity index (χ3v) is 14.9. The Kier molecular flexibility index (Phi) is 64.2. The summed E-state index contributed by atoms with van der Waals surface area (Å²) in [6, 6.07) is 0. The highest BCUT2D eigenvalue weighted by molar-refractivity contribution is 5.71. The Morgan fingerprint density at radius 3 is 0.797 bits per heavy atom. The van der Waals surface area contributed by atoms with Crippen molar-refractivity contribution in [2.24, 2.45) is 0 Å². The predicted molar refractivity (Wildman–Crippen MR) is 344 cm³/mol. The second-order valence-electron chi connectivity index (χ2n) is 22.7. The fourth-order valence-corrected chi connectivity index (χ4v) is 9.76. The maximum atomic E-state index is 12.9. The number of hydrogen-bond acceptors (Lipinski definition) is 6. The Labute approximate surface area is 490 Å². The average molecular weight is 1100 g/mol. The Hall–Kier alpha value is -3.41. The summed E-state index contributed by atoms with van der Waals surface area (Å²) in [5.74, 6) is -0.884. The molecule has 0 N–H and O–H groups in total. The number of rotatable bonds is 62. The quantitative estimate of drug-likeness (QED) is 0.0261. The Balaban J connectivity index is 4.30. The number of unbranched alkanes of at least 4 members (excludes halogenated alkanes) is 37. The van der Waals surface area contributed by atoms with Gasteiger partial charge in [0, 0.05) is 19.3 Å². The van der Waals surface area contributed by atoms with Crippen LogP contribution in [0.5, 0.6) is 0 Å². The molecule has 0 aromatic carbocycles. The lowest BCUT2D eigenvalue weighted by molar-refractivity contribution is -0.167. The van der Waals surface area contributed by atoms with Gasteiger partial charge < -0.3 is 14.2 Å². The molecule has 456 valence electrons. The van der Waals surface area contributed by atoms with Crippen molar-refractivity contribution in [1.82, 2.24) is 0 Å². The van der Waals surface area contributed by atoms with Crippen LogP contribution in [0.25, 0.3) is 0 Å². The number of hydrogen-bond donors (Lipinski definition) is 0. The van der Waals surface area contributed by atoms with E-state index >= 15 is 0 Å². The molecule has 0 radical (unpaired) electrons. The minimum absolute atomic E-state index is 0.0814. The van der Waals surface area contributed by atoms with Crippen molar-refractivity contribution in [3.05, 3.63) is 85.1 Å². The summed E-state index contributed by atoms with van der Waals surface area (Å²) in [4.78, 5) is 38.4. The van der Waals surface area contributed by atoms with Crippen molar-refractivity contribution in [1.29, 1.82) is 0 Å². The van der Waals surface area contributed by atoms with Gasteiger partial charge in [-0.15, -0.1) is 0 Å². The summed E-state index contributed by atoms with van der Waals surface area (Å²) < 4.78 is 17.0. The van der Waals surface area contributed by atoms with Crippen LogP contribution >= 0.6 is 0 Å². The second-order valence-corrected chi connectivity index (χ2v) is 22.7. The van der Waals surface area contributed by atoms with Gasteiger partial charge in [0.2, 0.25) is 0 Å². The molecule has 0 saturated heterocycles. The van der Waals surface area contributed by atoms with Crippen molar-refractivity contribution >= 4 is 17.9 Å². The molecule has 0 amide bonds. The van der Waals surface area contributed by atoms with Gasteiger partial charge in [-0.05, 0) is 116 Å². The summed E-state index contributed by atoms with van der Waals surface area (Å²) in [6.07, 6.45) is 88.8. The summed E-state index contributed by atoms with van der Waals surface area (Å²) in [5.41, 5.74) is 0. The van der Waals surface area contributed by atoms with Gasteiger partial charge in [-0.1, -0.05) is 292 Å². The molecule has 1 atom stereocenters. The first kappa shape index (κ1) is 75.6. The van der Waals surface area contributed by atoms with E-state index in [4.69, 9.17) is 14.2 Å². The van der Waals surface area contributed by atoms with E-state index in [1.165, 1.54) is 199 Å². The number of carbonyl (C=O) groups excluding carboxylic acids is 3. The SMILES string of the molecule is CC/C=C\C/C=C\C/C=C\CCCCCCCCCC(=O)OC(COC(=O)CCCCCCCCC/C=C\C/C=C\CCCCC)COC(=O)CCCCCCCCCCCCCCCCC/C=C\C/C=C\CCCCCCC. The van der Waals surface area contributed by atoms with Crippen LogP contribution in [-0.2, 0) is 28.6 Å². The van der Waals surface area contributed by atoms with Crippen molar-refractivity contribution in [2.45, 2.75) is 348 Å². The molecule has 6 nitrogen and oxygen atoms in total. The molecule has 0 aliphatic heterocycles. The lowest BCUT2D eigenvalue weighted by Crippen LogP contribution is -2.30. The van der Waals surface area contributed by atoms with E-state index in [-0.39, 0.29) is 31.1 Å². The number of ether oxygens (including phenoxy) is 3. The van der Waals surface area contributed by atoms with E-state index in [0.29, 0.717) is 19.3 Å². The van der Waals surface area contributed by atoms with Gasteiger partial charge in [0.1, 0.15) is 13.2 Å². The van der Waals surface area contributed by atoms with Gasteiger partial charge in [0.15, 0.2) is 6.10 Å². The van der Waals surface area contributed by atoms with Crippen LogP contribution in [-0.4, -0.2) is 37.2 Å². The molecule has 1 unspecified atom stereocenters. The number of carbonyl (C=O) groups is 3. The summed E-state index contributed by atoms with van der Waals surface area (Å²) in [7, 11) is 0. The lowest BCUT2D eigenvalue weighted by Gasteiger charge is -2.18. The van der Waals surface area contributed by atoms with Crippen LogP contribution in [0.4, 0.5) is 0 Å². The monoisotopic (exact) mass is 1100 g/mol. The molecule has 0 rings (SSSR count). The Bertz CT molecular complexity index is 1500. The van der Waals surface area contributed by atoms with Crippen LogP contribution in [0.2, 0.25) is 0 Å². The molecule has 0 aromatic heterocycles. The van der Waals surface area contributed by atoms with E-state index in [1.54, 1.807) is 0 Å². The fourth-order valence-electron chi connectivity index (χ4n) is 9.76. The predicted octanol–water partition coefficient (Wildman–Crippen LogP) is 23.4. The first-order valence-electron chi connectivity index (χ1n) is 34.1. The van der Waals surface area contributed by atoms with Gasteiger partial charge >= 0.3 is 17.9 Å². The zero-order valence-electron chi connectivity index (χ0n) is 52.4. The van der Waals surface area contributed by atoms with Crippen LogP contribution in [0, 0.1) is 0 Å². The van der Waals surface area contributed by atoms with E-state index in [2.05, 4.69) is 106 Å². The summed E-state index contributed by atoms with van der Waals surface area (Å²) in [5, 5.41) is 0. The Morgan fingerprint density at radius 1 is 0.266 bits per heavy atom. The zero-order chi connectivity index (χ0) is 57.1. The third-order valence-electron chi connectivity index (χ3n) is 14.9. The van der Waals surface area contributed by atoms with E-state index in [1.807, 2.05) is 0 Å². The maximum Gasteiger partial charge on any atom is 0.306 e. The van der Waals surface area contributed by atoms with Gasteiger partial charge in [-0.25, -0.2) is 0 Å². The van der Waals surface area contributed by atoms with Gasteiger partial charge in [0.25, 0.3) is 0 Å². The molecule has 0 saturated carbocycles. The molecule has 6 heteroatoms. The highest BCUT2D eigenvalue weighted by atomic mass is 16.6. The van der Waals surface area contributed by atoms with Gasteiger partial charge in [-0.3, -0.25) is 14.4 Å². The van der Waals surface area contributed by atoms with E-state index < -0.39 is 6.10 Å². The van der Waals surface area contributed by atoms with Crippen LogP contribution < -0.4 is 0 Å². The first-order valence-corrected chi connectivity index (χ1v) is 34.1. The normalized spacial score (nSPS) is 12.6. The third kappa shape index (κ3) is 65.3. The molecular weight excluding hydrogens is 973 g/mol. The molecule has 0 heterocycles. The van der Waals surface area contributed by atoms with Crippen molar-refractivity contribution in [3.63, 3.8) is 0 Å². The largest absolute Gasteiger partial charge is 0.462 e. The minimum atomic E-state index is -0.787. The fraction of sp³-hybridized carbons (Fsp3) is 0.767.